The van der Waals surface area contributed by atoms with Gasteiger partial charge in [-0.15, -0.1) is 0 Å². The van der Waals surface area contributed by atoms with Gasteiger partial charge in [-0.2, -0.15) is 13.2 Å². The molecule has 40 heavy (non-hydrogen) atoms. The summed E-state index contributed by atoms with van der Waals surface area (Å²) in [6.45, 7) is 0.865. The Kier molecular flexibility index (Phi) is 8.29. The number of carbonyl (C=O) groups excluding carboxylic acids is 2. The lowest BCUT2D eigenvalue weighted by atomic mass is 10.1. The Morgan fingerprint density at radius 1 is 0.875 bits per heavy atom. The monoisotopic (exact) mass is 552 g/mol. The number of rotatable bonds is 8. The molecule has 2 heterocycles. The van der Waals surface area contributed by atoms with Crippen molar-refractivity contribution >= 4 is 17.9 Å². The molecular formula is C30H27F3N2O5. The molecular weight excluding hydrogens is 525 g/mol. The van der Waals surface area contributed by atoms with Crippen molar-refractivity contribution in [2.75, 3.05) is 13.2 Å². The number of nitrogens with one attached hydrogen (secondary N) is 2. The van der Waals surface area contributed by atoms with E-state index in [2.05, 4.69) is 10.6 Å². The minimum Gasteiger partial charge on any atom is -0.370 e. The predicted molar refractivity (Wildman–Crippen MR) is 140 cm³/mol. The summed E-state index contributed by atoms with van der Waals surface area (Å²) < 4.78 is 56.8. The highest BCUT2D eigenvalue weighted by Crippen LogP contribution is 2.31. The van der Waals surface area contributed by atoms with Crippen molar-refractivity contribution in [3.05, 3.63) is 113 Å². The van der Waals surface area contributed by atoms with Gasteiger partial charge < -0.3 is 24.8 Å². The molecule has 2 fully saturated rings. The standard InChI is InChI=1S/C30H27F3N2O5/c31-30(32,33)22-13-11-19(12-14-22)15-23(34-28(36)21-9-5-2-6-10-21)29(37)35-24-17-39-27-25(18-40-26(24)27)38-16-20-7-3-1-4-8-20/h1-15,24-27H,16-18H2,(H,34,36)(H,35,37)/b23-15-/t24-,25-,26-,27-/m1/s1. The predicted octanol–water partition coefficient (Wildman–Crippen LogP) is 4.34. The van der Waals surface area contributed by atoms with Gasteiger partial charge in [0.1, 0.15) is 24.0 Å². The van der Waals surface area contributed by atoms with Crippen LogP contribution in [0.15, 0.2) is 90.6 Å². The molecule has 4 atom stereocenters. The van der Waals surface area contributed by atoms with Crippen molar-refractivity contribution < 1.29 is 37.0 Å². The lowest BCUT2D eigenvalue weighted by Crippen LogP contribution is -2.46. The lowest BCUT2D eigenvalue weighted by Gasteiger charge is -2.19. The number of hydrogen-bond donors (Lipinski definition) is 2. The summed E-state index contributed by atoms with van der Waals surface area (Å²) in [5.41, 5.74) is 0.683. The number of hydrogen-bond acceptors (Lipinski definition) is 5. The molecule has 0 aliphatic carbocycles. The van der Waals surface area contributed by atoms with E-state index in [9.17, 15) is 22.8 Å². The fourth-order valence-electron chi connectivity index (χ4n) is 4.63. The molecule has 2 aliphatic rings. The van der Waals surface area contributed by atoms with Crippen molar-refractivity contribution in [1.82, 2.24) is 10.6 Å². The Hall–Kier alpha value is -3.99. The Labute approximate surface area is 228 Å². The van der Waals surface area contributed by atoms with E-state index in [4.69, 9.17) is 14.2 Å². The van der Waals surface area contributed by atoms with Gasteiger partial charge in [0.25, 0.3) is 11.8 Å². The third-order valence-electron chi connectivity index (χ3n) is 6.71. The van der Waals surface area contributed by atoms with Crippen LogP contribution in [0.4, 0.5) is 13.2 Å². The van der Waals surface area contributed by atoms with Gasteiger partial charge in [-0.05, 0) is 41.5 Å². The Bertz CT molecular complexity index is 1350. The van der Waals surface area contributed by atoms with E-state index >= 15 is 0 Å². The summed E-state index contributed by atoms with van der Waals surface area (Å²) in [4.78, 5) is 26.2. The van der Waals surface area contributed by atoms with E-state index in [1.54, 1.807) is 30.3 Å². The maximum absolute atomic E-state index is 13.4. The van der Waals surface area contributed by atoms with Gasteiger partial charge >= 0.3 is 6.18 Å². The second-order valence-corrected chi connectivity index (χ2v) is 9.51. The number of halogens is 3. The highest BCUT2D eigenvalue weighted by molar-refractivity contribution is 6.05. The summed E-state index contributed by atoms with van der Waals surface area (Å²) in [5.74, 6) is -1.17. The van der Waals surface area contributed by atoms with Crippen molar-refractivity contribution in [2.24, 2.45) is 0 Å². The van der Waals surface area contributed by atoms with Gasteiger partial charge in [0.2, 0.25) is 0 Å². The van der Waals surface area contributed by atoms with E-state index in [1.165, 1.54) is 18.2 Å². The van der Waals surface area contributed by atoms with E-state index < -0.39 is 35.7 Å². The van der Waals surface area contributed by atoms with Gasteiger partial charge in [0.05, 0.1) is 31.4 Å². The van der Waals surface area contributed by atoms with E-state index in [1.807, 2.05) is 30.3 Å². The van der Waals surface area contributed by atoms with E-state index in [0.717, 1.165) is 17.7 Å². The molecule has 3 aromatic carbocycles. The van der Waals surface area contributed by atoms with Crippen molar-refractivity contribution in [3.8, 4) is 0 Å². The molecule has 2 saturated heterocycles. The van der Waals surface area contributed by atoms with Crippen LogP contribution in [-0.2, 0) is 31.8 Å². The summed E-state index contributed by atoms with van der Waals surface area (Å²) in [5, 5.41) is 5.44. The molecule has 3 aromatic rings. The first-order valence-corrected chi connectivity index (χ1v) is 12.7. The maximum atomic E-state index is 13.4. The Morgan fingerprint density at radius 3 is 2.20 bits per heavy atom. The van der Waals surface area contributed by atoms with Gasteiger partial charge in [-0.1, -0.05) is 60.7 Å². The van der Waals surface area contributed by atoms with Crippen LogP contribution >= 0.6 is 0 Å². The fraction of sp³-hybridized carbons (Fsp3) is 0.267. The highest BCUT2D eigenvalue weighted by atomic mass is 19.4. The zero-order valence-corrected chi connectivity index (χ0v) is 21.3. The molecule has 0 saturated carbocycles. The molecule has 2 N–H and O–H groups in total. The van der Waals surface area contributed by atoms with Crippen molar-refractivity contribution in [2.45, 2.75) is 37.1 Å². The Balaban J connectivity index is 1.28. The van der Waals surface area contributed by atoms with Crippen molar-refractivity contribution in [1.29, 1.82) is 0 Å². The number of amides is 2. The van der Waals surface area contributed by atoms with Crippen LogP contribution in [0.3, 0.4) is 0 Å². The maximum Gasteiger partial charge on any atom is 0.416 e. The van der Waals surface area contributed by atoms with Crippen LogP contribution in [-0.4, -0.2) is 49.4 Å². The van der Waals surface area contributed by atoms with Gasteiger partial charge in [-0.25, -0.2) is 0 Å². The third kappa shape index (κ3) is 6.59. The smallest absolute Gasteiger partial charge is 0.370 e. The average Bonchev–Trinajstić information content (AvgIpc) is 3.55. The summed E-state index contributed by atoms with van der Waals surface area (Å²) in [6, 6.07) is 21.7. The zero-order chi connectivity index (χ0) is 28.1. The molecule has 2 amide bonds. The number of benzene rings is 3. The summed E-state index contributed by atoms with van der Waals surface area (Å²) in [7, 11) is 0. The average molecular weight is 553 g/mol. The molecule has 0 bridgehead atoms. The molecule has 208 valence electrons. The van der Waals surface area contributed by atoms with Gasteiger partial charge in [-0.3, -0.25) is 9.59 Å². The Morgan fingerprint density at radius 2 is 1.52 bits per heavy atom. The summed E-state index contributed by atoms with van der Waals surface area (Å²) in [6.07, 6.45) is -4.32. The van der Waals surface area contributed by atoms with Crippen LogP contribution in [0.1, 0.15) is 27.0 Å². The number of ether oxygens (including phenoxy) is 3. The minimum absolute atomic E-state index is 0.132. The normalized spacial score (nSPS) is 22.5. The van der Waals surface area contributed by atoms with Gasteiger partial charge in [0.15, 0.2) is 0 Å². The molecule has 7 nitrogen and oxygen atoms in total. The second kappa shape index (κ2) is 12.0. The van der Waals surface area contributed by atoms with E-state index in [0.29, 0.717) is 24.3 Å². The number of fused-ring (bicyclic) bond motifs is 1. The topological polar surface area (TPSA) is 85.9 Å². The first-order chi connectivity index (χ1) is 19.3. The van der Waals surface area contributed by atoms with Crippen LogP contribution < -0.4 is 10.6 Å². The fourth-order valence-corrected chi connectivity index (χ4v) is 4.63. The molecule has 0 spiro atoms. The SMILES string of the molecule is O=C(N[C@@H]1CO[C@H]2[C@@H]1OC[C@H]2OCc1ccccc1)/C(=C/c1ccc(C(F)(F)F)cc1)NC(=O)c1ccccc1. The molecule has 5 rings (SSSR count). The van der Waals surface area contributed by atoms with Crippen molar-refractivity contribution in [3.63, 3.8) is 0 Å². The van der Waals surface area contributed by atoms with E-state index in [-0.39, 0.29) is 24.5 Å². The largest absolute Gasteiger partial charge is 0.416 e. The molecule has 2 aliphatic heterocycles. The van der Waals surface area contributed by atoms with Crippen LogP contribution in [0, 0.1) is 0 Å². The second-order valence-electron chi connectivity index (χ2n) is 9.51. The first-order valence-electron chi connectivity index (χ1n) is 12.7. The van der Waals surface area contributed by atoms with Crippen LogP contribution in [0.2, 0.25) is 0 Å². The van der Waals surface area contributed by atoms with Crippen LogP contribution in [0.25, 0.3) is 6.08 Å². The molecule has 0 unspecified atom stereocenters. The lowest BCUT2D eigenvalue weighted by molar-refractivity contribution is -0.137. The number of carbonyl (C=O) groups is 2. The quantitative estimate of drug-likeness (QED) is 0.406. The first kappa shape index (κ1) is 27.6. The summed E-state index contributed by atoms with van der Waals surface area (Å²) >= 11 is 0. The third-order valence-corrected chi connectivity index (χ3v) is 6.71. The van der Waals surface area contributed by atoms with Gasteiger partial charge in [0, 0.05) is 5.56 Å². The van der Waals surface area contributed by atoms with Crippen LogP contribution in [0.5, 0.6) is 0 Å². The molecule has 0 aromatic heterocycles. The molecule has 0 radical (unpaired) electrons. The highest BCUT2D eigenvalue weighted by Gasteiger charge is 2.49. The minimum atomic E-state index is -4.49. The molecule has 10 heteroatoms. The zero-order valence-electron chi connectivity index (χ0n) is 21.3. The number of alkyl halides is 3.